The Balaban J connectivity index is 3.31. The van der Waals surface area contributed by atoms with Crippen LogP contribution in [0.3, 0.4) is 0 Å². The molecule has 0 bridgehead atoms. The number of aryl methyl sites for hydroxylation is 1. The lowest BCUT2D eigenvalue weighted by atomic mass is 10.2. The Morgan fingerprint density at radius 3 is 2.60 bits per heavy atom. The fourth-order valence-corrected chi connectivity index (χ4v) is 1.03. The maximum Gasteiger partial charge on any atom is 0.359 e. The molecular formula is C9H8F3NO2. The summed E-state index contributed by atoms with van der Waals surface area (Å²) in [5.74, 6) is -2.01. The number of alkyl halides is 2. The Bertz CT molecular complexity index is 393. The molecule has 0 saturated carbocycles. The van der Waals surface area contributed by atoms with E-state index in [4.69, 9.17) is 0 Å². The highest BCUT2D eigenvalue weighted by atomic mass is 19.3. The van der Waals surface area contributed by atoms with Gasteiger partial charge < -0.3 is 4.74 Å². The zero-order valence-corrected chi connectivity index (χ0v) is 8.05. The molecule has 1 heterocycles. The van der Waals surface area contributed by atoms with Crippen molar-refractivity contribution < 1.29 is 22.7 Å². The molecule has 82 valence electrons. The molecule has 0 radical (unpaired) electrons. The number of carbonyl (C=O) groups excluding carboxylic acids is 1. The second kappa shape index (κ2) is 4.29. The Labute approximate surface area is 83.9 Å². The number of esters is 1. The van der Waals surface area contributed by atoms with Crippen LogP contribution in [0.25, 0.3) is 0 Å². The molecule has 0 N–H and O–H groups in total. The SMILES string of the molecule is COC(=O)c1nc(C(F)F)cc(C)c1F. The molecular weight excluding hydrogens is 211 g/mol. The molecule has 0 saturated heterocycles. The van der Waals surface area contributed by atoms with Crippen LogP contribution in [0.15, 0.2) is 6.07 Å². The minimum atomic E-state index is -2.85. The molecule has 0 aliphatic heterocycles. The van der Waals surface area contributed by atoms with Crippen molar-refractivity contribution in [2.75, 3.05) is 7.11 Å². The number of nitrogens with zero attached hydrogens (tertiary/aromatic N) is 1. The van der Waals surface area contributed by atoms with E-state index < -0.39 is 29.6 Å². The molecule has 1 rings (SSSR count). The molecule has 0 amide bonds. The highest BCUT2D eigenvalue weighted by Gasteiger charge is 2.20. The van der Waals surface area contributed by atoms with Crippen molar-refractivity contribution in [2.24, 2.45) is 0 Å². The summed E-state index contributed by atoms with van der Waals surface area (Å²) in [5.41, 5.74) is -1.43. The first kappa shape index (κ1) is 11.5. The number of hydrogen-bond donors (Lipinski definition) is 0. The average molecular weight is 219 g/mol. The third-order valence-electron chi connectivity index (χ3n) is 1.76. The Hall–Kier alpha value is -1.59. The van der Waals surface area contributed by atoms with E-state index >= 15 is 0 Å². The summed E-state index contributed by atoms with van der Waals surface area (Å²) >= 11 is 0. The van der Waals surface area contributed by atoms with Crippen LogP contribution in [0.4, 0.5) is 13.2 Å². The molecule has 1 aromatic rings. The van der Waals surface area contributed by atoms with Crippen LogP contribution in [0.1, 0.15) is 28.2 Å². The van der Waals surface area contributed by atoms with Crippen LogP contribution in [0, 0.1) is 12.7 Å². The van der Waals surface area contributed by atoms with Crippen molar-refractivity contribution in [1.82, 2.24) is 4.98 Å². The number of halogens is 3. The van der Waals surface area contributed by atoms with E-state index in [0.29, 0.717) is 0 Å². The zero-order valence-electron chi connectivity index (χ0n) is 8.05. The van der Waals surface area contributed by atoms with Crippen LogP contribution in [-0.4, -0.2) is 18.1 Å². The summed E-state index contributed by atoms with van der Waals surface area (Å²) in [7, 11) is 1.02. The van der Waals surface area contributed by atoms with E-state index in [1.54, 1.807) is 0 Å². The maximum atomic E-state index is 13.3. The van der Waals surface area contributed by atoms with E-state index in [-0.39, 0.29) is 5.56 Å². The monoisotopic (exact) mass is 219 g/mol. The predicted molar refractivity (Wildman–Crippen MR) is 45.2 cm³/mol. The summed E-state index contributed by atoms with van der Waals surface area (Å²) < 4.78 is 42.1. The number of pyridine rings is 1. The maximum absolute atomic E-state index is 13.3. The second-order valence-corrected chi connectivity index (χ2v) is 2.82. The van der Waals surface area contributed by atoms with E-state index in [0.717, 1.165) is 13.2 Å². The van der Waals surface area contributed by atoms with Gasteiger partial charge in [0.2, 0.25) is 0 Å². The van der Waals surface area contributed by atoms with Gasteiger partial charge in [-0.3, -0.25) is 0 Å². The molecule has 1 aromatic heterocycles. The first-order valence-electron chi connectivity index (χ1n) is 4.01. The number of methoxy groups -OCH3 is 1. The van der Waals surface area contributed by atoms with Gasteiger partial charge in [-0.1, -0.05) is 0 Å². The molecule has 15 heavy (non-hydrogen) atoms. The molecule has 0 aromatic carbocycles. The van der Waals surface area contributed by atoms with Crippen molar-refractivity contribution >= 4 is 5.97 Å². The van der Waals surface area contributed by atoms with E-state index in [9.17, 15) is 18.0 Å². The van der Waals surface area contributed by atoms with Gasteiger partial charge in [0.05, 0.1) is 7.11 Å². The molecule has 0 atom stereocenters. The second-order valence-electron chi connectivity index (χ2n) is 2.82. The number of rotatable bonds is 2. The number of aromatic nitrogens is 1. The Morgan fingerprint density at radius 1 is 1.53 bits per heavy atom. The van der Waals surface area contributed by atoms with Gasteiger partial charge in [0, 0.05) is 0 Å². The summed E-state index contributed by atoms with van der Waals surface area (Å²) in [5, 5.41) is 0. The van der Waals surface area contributed by atoms with Gasteiger partial charge in [0.15, 0.2) is 11.5 Å². The lowest BCUT2D eigenvalue weighted by Crippen LogP contribution is -2.11. The normalized spacial score (nSPS) is 10.5. The average Bonchev–Trinajstić information content (AvgIpc) is 2.20. The minimum absolute atomic E-state index is 0.0688. The largest absolute Gasteiger partial charge is 0.464 e. The van der Waals surface area contributed by atoms with E-state index in [1.807, 2.05) is 0 Å². The number of ether oxygens (including phenoxy) is 1. The van der Waals surface area contributed by atoms with Gasteiger partial charge in [-0.05, 0) is 18.6 Å². The minimum Gasteiger partial charge on any atom is -0.464 e. The molecule has 0 aliphatic rings. The van der Waals surface area contributed by atoms with Gasteiger partial charge in [0.1, 0.15) is 5.69 Å². The van der Waals surface area contributed by atoms with Gasteiger partial charge >= 0.3 is 5.97 Å². The van der Waals surface area contributed by atoms with Crippen molar-refractivity contribution in [3.05, 3.63) is 28.8 Å². The summed E-state index contributed by atoms with van der Waals surface area (Å²) in [6.45, 7) is 1.27. The number of hydrogen-bond acceptors (Lipinski definition) is 3. The van der Waals surface area contributed by atoms with Gasteiger partial charge in [-0.25, -0.2) is 22.9 Å². The van der Waals surface area contributed by atoms with Gasteiger partial charge in [-0.15, -0.1) is 0 Å². The van der Waals surface area contributed by atoms with Crippen molar-refractivity contribution in [3.63, 3.8) is 0 Å². The molecule has 0 unspecified atom stereocenters. The third-order valence-corrected chi connectivity index (χ3v) is 1.76. The highest BCUT2D eigenvalue weighted by molar-refractivity contribution is 5.87. The Morgan fingerprint density at radius 2 is 2.13 bits per heavy atom. The van der Waals surface area contributed by atoms with Crippen LogP contribution in [-0.2, 0) is 4.74 Å². The predicted octanol–water partition coefficient (Wildman–Crippen LogP) is 2.25. The summed E-state index contributed by atoms with van der Waals surface area (Å²) in [6.07, 6.45) is -2.85. The molecule has 0 aliphatic carbocycles. The third kappa shape index (κ3) is 2.26. The highest BCUT2D eigenvalue weighted by Crippen LogP contribution is 2.21. The molecule has 0 spiro atoms. The van der Waals surface area contributed by atoms with E-state index in [1.165, 1.54) is 6.92 Å². The Kier molecular flexibility index (Phi) is 3.28. The fraction of sp³-hybridized carbons (Fsp3) is 0.333. The molecule has 0 fully saturated rings. The van der Waals surface area contributed by atoms with Gasteiger partial charge in [0.25, 0.3) is 6.43 Å². The molecule has 6 heteroatoms. The van der Waals surface area contributed by atoms with E-state index in [2.05, 4.69) is 9.72 Å². The van der Waals surface area contributed by atoms with Gasteiger partial charge in [-0.2, -0.15) is 0 Å². The van der Waals surface area contributed by atoms with Crippen molar-refractivity contribution in [3.8, 4) is 0 Å². The number of carbonyl (C=O) groups is 1. The fourth-order valence-electron chi connectivity index (χ4n) is 1.03. The van der Waals surface area contributed by atoms with Crippen LogP contribution in [0.5, 0.6) is 0 Å². The standard InChI is InChI=1S/C9H8F3NO2/c1-4-3-5(8(11)12)13-7(6(4)10)9(14)15-2/h3,8H,1-2H3. The quantitative estimate of drug-likeness (QED) is 0.716. The summed E-state index contributed by atoms with van der Waals surface area (Å²) in [4.78, 5) is 14.2. The smallest absolute Gasteiger partial charge is 0.359 e. The lowest BCUT2D eigenvalue weighted by Gasteiger charge is -2.06. The van der Waals surface area contributed by atoms with Crippen LogP contribution >= 0.6 is 0 Å². The van der Waals surface area contributed by atoms with Crippen molar-refractivity contribution in [2.45, 2.75) is 13.3 Å². The van der Waals surface area contributed by atoms with Crippen LogP contribution in [0.2, 0.25) is 0 Å². The first-order valence-corrected chi connectivity index (χ1v) is 4.01. The lowest BCUT2D eigenvalue weighted by molar-refractivity contribution is 0.0586. The topological polar surface area (TPSA) is 39.2 Å². The molecule has 3 nitrogen and oxygen atoms in total. The summed E-state index contributed by atoms with van der Waals surface area (Å²) in [6, 6.07) is 0.895. The van der Waals surface area contributed by atoms with Crippen molar-refractivity contribution in [1.29, 1.82) is 0 Å². The van der Waals surface area contributed by atoms with Crippen LogP contribution < -0.4 is 0 Å². The first-order chi connectivity index (χ1) is 6.97. The zero-order chi connectivity index (χ0) is 11.6.